The van der Waals surface area contributed by atoms with E-state index >= 15 is 0 Å². The van der Waals surface area contributed by atoms with Crippen molar-refractivity contribution in [3.8, 4) is 11.3 Å². The highest BCUT2D eigenvalue weighted by molar-refractivity contribution is 9.10. The van der Waals surface area contributed by atoms with Crippen LogP contribution < -0.4 is 4.90 Å². The number of carbonyl (C=O) groups is 1. The molecule has 2 aromatic heterocycles. The number of thiazole rings is 1. The van der Waals surface area contributed by atoms with Crippen molar-refractivity contribution in [3.63, 3.8) is 0 Å². The Morgan fingerprint density at radius 2 is 2.11 bits per heavy atom. The molecule has 1 aliphatic rings. The predicted octanol–water partition coefficient (Wildman–Crippen LogP) is 4.79. The normalized spacial score (nSPS) is 16.4. The molecule has 3 aromatic rings. The Bertz CT molecular complexity index is 908. The van der Waals surface area contributed by atoms with Crippen LogP contribution in [0.3, 0.4) is 0 Å². The number of pyridine rings is 1. The summed E-state index contributed by atoms with van der Waals surface area (Å²) in [6.45, 7) is 1.24. The summed E-state index contributed by atoms with van der Waals surface area (Å²) in [6.07, 6.45) is 3.65. The first-order chi connectivity index (χ1) is 13.2. The number of rotatable bonds is 5. The molecular formula is C20H18BrN3O2S. The number of hydrogen-bond acceptors (Lipinski definition) is 5. The first-order valence-corrected chi connectivity index (χ1v) is 10.4. The maximum Gasteiger partial charge on any atom is 0.278 e. The summed E-state index contributed by atoms with van der Waals surface area (Å²) in [5, 5.41) is 2.64. The van der Waals surface area contributed by atoms with Crippen LogP contribution in [0.4, 0.5) is 5.13 Å². The lowest BCUT2D eigenvalue weighted by Gasteiger charge is -2.22. The minimum atomic E-state index is -0.150. The zero-order chi connectivity index (χ0) is 18.6. The highest BCUT2D eigenvalue weighted by Crippen LogP contribution is 2.30. The fourth-order valence-corrected chi connectivity index (χ4v) is 4.11. The van der Waals surface area contributed by atoms with Gasteiger partial charge in [-0.3, -0.25) is 14.7 Å². The second-order valence-electron chi connectivity index (χ2n) is 6.29. The smallest absolute Gasteiger partial charge is 0.278 e. The van der Waals surface area contributed by atoms with Crippen LogP contribution in [0.25, 0.3) is 11.3 Å². The number of carbonyl (C=O) groups excluding carboxylic acids is 1. The third-order valence-electron chi connectivity index (χ3n) is 4.40. The van der Waals surface area contributed by atoms with E-state index in [9.17, 15) is 4.79 Å². The van der Waals surface area contributed by atoms with Crippen LogP contribution in [-0.4, -0.2) is 35.1 Å². The van der Waals surface area contributed by atoms with Crippen LogP contribution >= 0.6 is 27.3 Å². The average molecular weight is 444 g/mol. The molecule has 0 aliphatic carbocycles. The number of benzene rings is 1. The van der Waals surface area contributed by atoms with Gasteiger partial charge in [0.05, 0.1) is 18.3 Å². The van der Waals surface area contributed by atoms with Crippen molar-refractivity contribution in [1.29, 1.82) is 0 Å². The molecule has 1 amide bonds. The molecule has 0 bridgehead atoms. The first-order valence-electron chi connectivity index (χ1n) is 8.76. The van der Waals surface area contributed by atoms with Crippen LogP contribution in [-0.2, 0) is 4.74 Å². The van der Waals surface area contributed by atoms with E-state index in [1.54, 1.807) is 23.2 Å². The van der Waals surface area contributed by atoms with Gasteiger partial charge in [-0.2, -0.15) is 0 Å². The fraction of sp³-hybridized carbons (Fsp3) is 0.250. The highest BCUT2D eigenvalue weighted by Gasteiger charge is 2.27. The minimum absolute atomic E-state index is 0.0395. The molecule has 27 heavy (non-hydrogen) atoms. The zero-order valence-corrected chi connectivity index (χ0v) is 16.9. The highest BCUT2D eigenvalue weighted by atomic mass is 79.9. The Morgan fingerprint density at radius 3 is 2.81 bits per heavy atom. The van der Waals surface area contributed by atoms with E-state index in [-0.39, 0.29) is 12.0 Å². The molecule has 3 heterocycles. The molecule has 0 unspecified atom stereocenters. The summed E-state index contributed by atoms with van der Waals surface area (Å²) in [6, 6.07) is 13.3. The molecule has 1 aliphatic heterocycles. The predicted molar refractivity (Wildman–Crippen MR) is 110 cm³/mol. The SMILES string of the molecule is O=C(c1ccccn1)N(C[C@H]1CCCO1)c1nc(-c2ccc(Br)cc2)cs1. The van der Waals surface area contributed by atoms with Crippen molar-refractivity contribution in [2.45, 2.75) is 18.9 Å². The quantitative estimate of drug-likeness (QED) is 0.568. The number of anilines is 1. The van der Waals surface area contributed by atoms with Crippen molar-refractivity contribution < 1.29 is 9.53 Å². The summed E-state index contributed by atoms with van der Waals surface area (Å²) in [5.74, 6) is -0.150. The lowest BCUT2D eigenvalue weighted by atomic mass is 10.2. The number of amides is 1. The monoisotopic (exact) mass is 443 g/mol. The first kappa shape index (κ1) is 18.3. The van der Waals surface area contributed by atoms with Crippen LogP contribution in [0, 0.1) is 0 Å². The van der Waals surface area contributed by atoms with Crippen LogP contribution in [0.5, 0.6) is 0 Å². The third-order valence-corrected chi connectivity index (χ3v) is 5.79. The number of nitrogens with zero attached hydrogens (tertiary/aromatic N) is 3. The summed E-state index contributed by atoms with van der Waals surface area (Å²) in [7, 11) is 0. The summed E-state index contributed by atoms with van der Waals surface area (Å²) < 4.78 is 6.77. The summed E-state index contributed by atoms with van der Waals surface area (Å²) in [4.78, 5) is 23.7. The van der Waals surface area contributed by atoms with E-state index < -0.39 is 0 Å². The molecule has 0 spiro atoms. The van der Waals surface area contributed by atoms with Crippen molar-refractivity contribution in [3.05, 3.63) is 64.2 Å². The Kier molecular flexibility index (Phi) is 5.61. The largest absolute Gasteiger partial charge is 0.376 e. The lowest BCUT2D eigenvalue weighted by molar-refractivity contribution is 0.0913. The average Bonchev–Trinajstić information content (AvgIpc) is 3.39. The molecule has 1 atom stereocenters. The maximum atomic E-state index is 13.1. The molecule has 0 saturated carbocycles. The molecule has 0 N–H and O–H groups in total. The number of hydrogen-bond donors (Lipinski definition) is 0. The molecule has 4 rings (SSSR count). The topological polar surface area (TPSA) is 55.3 Å². The van der Waals surface area contributed by atoms with E-state index in [1.165, 1.54) is 11.3 Å². The minimum Gasteiger partial charge on any atom is -0.376 e. The van der Waals surface area contributed by atoms with Gasteiger partial charge in [0.25, 0.3) is 5.91 Å². The van der Waals surface area contributed by atoms with Gasteiger partial charge in [-0.25, -0.2) is 4.98 Å². The molecule has 7 heteroatoms. The lowest BCUT2D eigenvalue weighted by Crippen LogP contribution is -2.37. The number of aromatic nitrogens is 2. The maximum absolute atomic E-state index is 13.1. The van der Waals surface area contributed by atoms with Crippen LogP contribution in [0.2, 0.25) is 0 Å². The van der Waals surface area contributed by atoms with E-state index in [1.807, 2.05) is 35.7 Å². The fourth-order valence-electron chi connectivity index (χ4n) is 3.01. The number of ether oxygens (including phenoxy) is 1. The van der Waals surface area contributed by atoms with Gasteiger partial charge in [-0.05, 0) is 37.1 Å². The molecule has 138 valence electrons. The molecule has 1 saturated heterocycles. The standard InChI is InChI=1S/C20H18BrN3O2S/c21-15-8-6-14(7-9-15)18-13-27-20(23-18)24(12-16-4-3-11-26-16)19(25)17-5-1-2-10-22-17/h1-2,5-10,13,16H,3-4,11-12H2/t16-/m1/s1. The molecule has 1 aromatic carbocycles. The Morgan fingerprint density at radius 1 is 1.26 bits per heavy atom. The number of halogens is 1. The second-order valence-corrected chi connectivity index (χ2v) is 8.04. The van der Waals surface area contributed by atoms with E-state index in [2.05, 4.69) is 20.9 Å². The van der Waals surface area contributed by atoms with Gasteiger partial charge in [-0.15, -0.1) is 11.3 Å². The van der Waals surface area contributed by atoms with Gasteiger partial charge >= 0.3 is 0 Å². The second kappa shape index (κ2) is 8.29. The Hall–Kier alpha value is -2.09. The molecule has 5 nitrogen and oxygen atoms in total. The van der Waals surface area contributed by atoms with Crippen molar-refractivity contribution in [2.75, 3.05) is 18.1 Å². The van der Waals surface area contributed by atoms with E-state index in [0.717, 1.165) is 35.2 Å². The van der Waals surface area contributed by atoms with Gasteiger partial charge in [-0.1, -0.05) is 34.1 Å². The molecular weight excluding hydrogens is 426 g/mol. The van der Waals surface area contributed by atoms with Gasteiger partial charge in [0, 0.05) is 28.2 Å². The van der Waals surface area contributed by atoms with Crippen LogP contribution in [0.15, 0.2) is 58.5 Å². The van der Waals surface area contributed by atoms with Crippen molar-refractivity contribution in [2.24, 2.45) is 0 Å². The van der Waals surface area contributed by atoms with Gasteiger partial charge in [0.2, 0.25) is 0 Å². The molecule has 1 fully saturated rings. The van der Waals surface area contributed by atoms with Crippen molar-refractivity contribution in [1.82, 2.24) is 9.97 Å². The van der Waals surface area contributed by atoms with Gasteiger partial charge in [0.1, 0.15) is 5.69 Å². The van der Waals surface area contributed by atoms with Gasteiger partial charge in [0.15, 0.2) is 5.13 Å². The third kappa shape index (κ3) is 4.26. The Labute approximate surface area is 170 Å². The Balaban J connectivity index is 1.63. The van der Waals surface area contributed by atoms with Crippen molar-refractivity contribution >= 4 is 38.3 Å². The van der Waals surface area contributed by atoms with E-state index in [0.29, 0.717) is 17.4 Å². The summed E-state index contributed by atoms with van der Waals surface area (Å²) >= 11 is 4.91. The van der Waals surface area contributed by atoms with Gasteiger partial charge < -0.3 is 4.74 Å². The molecule has 0 radical (unpaired) electrons. The summed E-state index contributed by atoms with van der Waals surface area (Å²) in [5.41, 5.74) is 2.28. The van der Waals surface area contributed by atoms with E-state index in [4.69, 9.17) is 9.72 Å². The zero-order valence-electron chi connectivity index (χ0n) is 14.5. The van der Waals surface area contributed by atoms with Crippen LogP contribution in [0.1, 0.15) is 23.3 Å².